The Morgan fingerprint density at radius 2 is 1.73 bits per heavy atom. The van der Waals surface area contributed by atoms with Crippen molar-refractivity contribution in [2.24, 2.45) is 0 Å². The van der Waals surface area contributed by atoms with Gasteiger partial charge in [-0.3, -0.25) is 4.79 Å². The van der Waals surface area contributed by atoms with E-state index in [1.807, 2.05) is 48.0 Å². The molecule has 0 atom stereocenters. The zero-order valence-electron chi connectivity index (χ0n) is 22.2. The van der Waals surface area contributed by atoms with Crippen LogP contribution in [0, 0.1) is 6.92 Å². The lowest BCUT2D eigenvalue weighted by Crippen LogP contribution is -2.42. The number of hydrogen-bond donors (Lipinski definition) is 1. The van der Waals surface area contributed by atoms with Crippen LogP contribution in [0.2, 0.25) is 10.0 Å². The molecular weight excluding hydrogens is 505 g/mol. The van der Waals surface area contributed by atoms with Crippen molar-refractivity contribution < 1.29 is 4.79 Å². The maximum atomic E-state index is 13.3. The molecule has 1 aromatic heterocycles. The van der Waals surface area contributed by atoms with Crippen molar-refractivity contribution in [2.45, 2.75) is 64.7 Å². The van der Waals surface area contributed by atoms with E-state index in [9.17, 15) is 4.79 Å². The number of amides is 1. The van der Waals surface area contributed by atoms with Crippen molar-refractivity contribution in [3.05, 3.63) is 81.4 Å². The lowest BCUT2D eigenvalue weighted by Gasteiger charge is -2.40. The van der Waals surface area contributed by atoms with Gasteiger partial charge in [0.1, 0.15) is 5.82 Å². The van der Waals surface area contributed by atoms with Crippen molar-refractivity contribution >= 4 is 34.8 Å². The summed E-state index contributed by atoms with van der Waals surface area (Å²) in [4.78, 5) is 22.6. The van der Waals surface area contributed by atoms with E-state index in [-0.39, 0.29) is 5.91 Å². The smallest absolute Gasteiger partial charge is 0.252 e. The molecule has 0 saturated heterocycles. The minimum atomic E-state index is -0.144. The van der Waals surface area contributed by atoms with Gasteiger partial charge in [-0.1, -0.05) is 35.3 Å². The Morgan fingerprint density at radius 3 is 2.38 bits per heavy atom. The van der Waals surface area contributed by atoms with Gasteiger partial charge in [-0.05, 0) is 89.0 Å². The quantitative estimate of drug-likeness (QED) is 0.351. The number of aromatic nitrogens is 2. The predicted octanol–water partition coefficient (Wildman–Crippen LogP) is 6.18. The summed E-state index contributed by atoms with van der Waals surface area (Å²) in [5.41, 5.74) is 3.74. The Morgan fingerprint density at radius 1 is 1.05 bits per heavy atom. The maximum Gasteiger partial charge on any atom is 0.252 e. The van der Waals surface area contributed by atoms with Crippen LogP contribution in [0.3, 0.4) is 0 Å². The van der Waals surface area contributed by atoms with Crippen LogP contribution in [0.1, 0.15) is 59.9 Å². The number of imidazole rings is 1. The normalized spacial score (nSPS) is 17.7. The lowest BCUT2D eigenvalue weighted by molar-refractivity contribution is 0.0949. The highest BCUT2D eigenvalue weighted by atomic mass is 35.5. The highest BCUT2D eigenvalue weighted by molar-refractivity contribution is 6.31. The molecule has 2 aromatic carbocycles. The van der Waals surface area contributed by atoms with Crippen LogP contribution in [0.5, 0.6) is 0 Å². The van der Waals surface area contributed by atoms with E-state index in [4.69, 9.17) is 23.2 Å². The van der Waals surface area contributed by atoms with Crippen LogP contribution in [-0.2, 0) is 13.1 Å². The molecule has 0 radical (unpaired) electrons. The molecule has 6 nitrogen and oxygen atoms in total. The molecule has 198 valence electrons. The number of nitrogens with one attached hydrogen (secondary N) is 1. The molecule has 37 heavy (non-hydrogen) atoms. The van der Waals surface area contributed by atoms with Gasteiger partial charge in [-0.25, -0.2) is 4.98 Å². The monoisotopic (exact) mass is 541 g/mol. The molecule has 4 rings (SSSR count). The second kappa shape index (κ2) is 12.3. The Balaban J connectivity index is 1.47. The summed E-state index contributed by atoms with van der Waals surface area (Å²) in [6, 6.07) is 12.6. The molecule has 0 bridgehead atoms. The van der Waals surface area contributed by atoms with Gasteiger partial charge in [-0.15, -0.1) is 0 Å². The van der Waals surface area contributed by atoms with Crippen LogP contribution in [-0.4, -0.2) is 53.1 Å². The molecule has 0 unspecified atom stereocenters. The van der Waals surface area contributed by atoms with Gasteiger partial charge in [0.05, 0.1) is 6.54 Å². The number of halogens is 2. The fraction of sp³-hybridized carbons (Fsp3) is 0.448. The fourth-order valence-electron chi connectivity index (χ4n) is 5.40. The summed E-state index contributed by atoms with van der Waals surface area (Å²) in [6.45, 7) is 6.06. The SMILES string of the molecule is CCN(c1cc(Cl)cc(C(=O)NCc2nccn2Cc2ccc(Cl)cc2)c1C)C1CCC(N(C)C)CC1. The second-order valence-electron chi connectivity index (χ2n) is 10.1. The van der Waals surface area contributed by atoms with Crippen molar-refractivity contribution in [3.63, 3.8) is 0 Å². The van der Waals surface area contributed by atoms with Crippen LogP contribution >= 0.6 is 23.2 Å². The number of carbonyl (C=O) groups is 1. The van der Waals surface area contributed by atoms with Crippen molar-refractivity contribution in [3.8, 4) is 0 Å². The number of hydrogen-bond acceptors (Lipinski definition) is 4. The Hall–Kier alpha value is -2.54. The first-order valence-corrected chi connectivity index (χ1v) is 13.8. The third-order valence-electron chi connectivity index (χ3n) is 7.55. The lowest BCUT2D eigenvalue weighted by atomic mass is 9.89. The Kier molecular flexibility index (Phi) is 9.17. The van der Waals surface area contributed by atoms with Gasteiger partial charge in [0, 0.05) is 58.9 Å². The summed E-state index contributed by atoms with van der Waals surface area (Å²) < 4.78 is 2.03. The Labute approximate surface area is 230 Å². The molecule has 1 saturated carbocycles. The standard InChI is InChI=1S/C29H37Cl2N5O/c1-5-36(25-12-10-24(11-13-25)34(3)4)27-17-23(31)16-26(20(27)2)29(37)33-18-28-32-14-15-35(28)19-21-6-8-22(30)9-7-21/h6-9,14-17,24-25H,5,10-13,18-19H2,1-4H3,(H,33,37). The topological polar surface area (TPSA) is 53.4 Å². The molecule has 1 N–H and O–H groups in total. The van der Waals surface area contributed by atoms with Crippen LogP contribution in [0.15, 0.2) is 48.8 Å². The molecule has 1 fully saturated rings. The first-order valence-electron chi connectivity index (χ1n) is 13.0. The highest BCUT2D eigenvalue weighted by Gasteiger charge is 2.28. The van der Waals surface area contributed by atoms with Crippen LogP contribution < -0.4 is 10.2 Å². The average molecular weight is 543 g/mol. The summed E-state index contributed by atoms with van der Waals surface area (Å²) >= 11 is 12.6. The van der Waals surface area contributed by atoms with Gasteiger partial charge in [-0.2, -0.15) is 0 Å². The minimum absolute atomic E-state index is 0.144. The maximum absolute atomic E-state index is 13.3. The fourth-order valence-corrected chi connectivity index (χ4v) is 5.74. The zero-order chi connectivity index (χ0) is 26.5. The van der Waals surface area contributed by atoms with Crippen LogP contribution in [0.4, 0.5) is 5.69 Å². The molecular formula is C29H37Cl2N5O. The molecule has 8 heteroatoms. The van der Waals surface area contributed by atoms with Crippen molar-refractivity contribution in [1.82, 2.24) is 19.8 Å². The molecule has 1 heterocycles. The third kappa shape index (κ3) is 6.67. The third-order valence-corrected chi connectivity index (χ3v) is 8.02. The van der Waals surface area contributed by atoms with E-state index in [0.717, 1.165) is 42.0 Å². The number of carbonyl (C=O) groups excluding carboxylic acids is 1. The van der Waals surface area contributed by atoms with E-state index in [0.29, 0.717) is 40.8 Å². The summed E-state index contributed by atoms with van der Waals surface area (Å²) in [5, 5.41) is 4.35. The molecule has 3 aromatic rings. The van der Waals surface area contributed by atoms with Gasteiger partial charge >= 0.3 is 0 Å². The number of nitrogens with zero attached hydrogens (tertiary/aromatic N) is 4. The first-order chi connectivity index (χ1) is 17.8. The largest absolute Gasteiger partial charge is 0.369 e. The predicted molar refractivity (Wildman–Crippen MR) is 153 cm³/mol. The van der Waals surface area contributed by atoms with E-state index in [1.165, 1.54) is 12.8 Å². The van der Waals surface area contributed by atoms with E-state index in [1.54, 1.807) is 12.3 Å². The minimum Gasteiger partial charge on any atom is -0.369 e. The first kappa shape index (κ1) is 27.5. The molecule has 1 aliphatic carbocycles. The molecule has 0 spiro atoms. The van der Waals surface area contributed by atoms with E-state index < -0.39 is 0 Å². The molecule has 0 aliphatic heterocycles. The average Bonchev–Trinajstić information content (AvgIpc) is 3.33. The van der Waals surface area contributed by atoms with E-state index in [2.05, 4.69) is 41.1 Å². The van der Waals surface area contributed by atoms with Crippen molar-refractivity contribution in [1.29, 1.82) is 0 Å². The van der Waals surface area contributed by atoms with Crippen LogP contribution in [0.25, 0.3) is 0 Å². The van der Waals surface area contributed by atoms with Gasteiger partial charge < -0.3 is 19.7 Å². The second-order valence-corrected chi connectivity index (χ2v) is 11.0. The van der Waals surface area contributed by atoms with Gasteiger partial charge in [0.15, 0.2) is 0 Å². The summed E-state index contributed by atoms with van der Waals surface area (Å²) in [6.07, 6.45) is 8.32. The van der Waals surface area contributed by atoms with Gasteiger partial charge in [0.25, 0.3) is 5.91 Å². The molecule has 1 aliphatic rings. The van der Waals surface area contributed by atoms with E-state index >= 15 is 0 Å². The van der Waals surface area contributed by atoms with Gasteiger partial charge in [0.2, 0.25) is 0 Å². The zero-order valence-corrected chi connectivity index (χ0v) is 23.7. The van der Waals surface area contributed by atoms with Crippen molar-refractivity contribution in [2.75, 3.05) is 25.5 Å². The number of anilines is 1. The highest BCUT2D eigenvalue weighted by Crippen LogP contribution is 2.34. The molecule has 1 amide bonds. The number of rotatable bonds is 9. The summed E-state index contributed by atoms with van der Waals surface area (Å²) in [7, 11) is 4.33. The summed E-state index contributed by atoms with van der Waals surface area (Å²) in [5.74, 6) is 0.644. The number of benzene rings is 2. The Bertz CT molecular complexity index is 1200.